The Bertz CT molecular complexity index is 1830. The largest absolute Gasteiger partial charge is 0.347 e. The number of anilines is 1. The number of fused-ring (bicyclic) bond motifs is 6. The number of nitrogens with zero attached hydrogens (tertiary/aromatic N) is 2. The Kier molecular flexibility index (Phi) is 6.66. The summed E-state index contributed by atoms with van der Waals surface area (Å²) < 4.78 is 2.35. The van der Waals surface area contributed by atoms with Gasteiger partial charge in [-0.3, -0.25) is 0 Å². The molecule has 0 radical (unpaired) electrons. The topological polar surface area (TPSA) is 6.25 Å². The highest BCUT2D eigenvalue weighted by Gasteiger charge is 2.47. The second-order valence-corrected chi connectivity index (χ2v) is 11.8. The molecule has 2 aliphatic rings. The van der Waals surface area contributed by atoms with Crippen molar-refractivity contribution >= 4 is 38.6 Å². The molecule has 2 nitrogen and oxygen atoms in total. The predicted molar refractivity (Wildman–Crippen MR) is 178 cm³/mol. The summed E-state index contributed by atoms with van der Waals surface area (Å²) in [7, 11) is 4.37. The molecule has 0 aromatic heterocycles. The molecule has 2 heterocycles. The van der Waals surface area contributed by atoms with Gasteiger partial charge < -0.3 is 4.90 Å². The smallest absolute Gasteiger partial charge is 0.210 e. The average molecular weight is 536 g/mol. The van der Waals surface area contributed by atoms with Crippen LogP contribution in [0.15, 0.2) is 134 Å². The molecule has 0 spiro atoms. The maximum atomic E-state index is 4.12. The molecule has 0 bridgehead atoms. The minimum atomic E-state index is -0.146. The zero-order valence-electron chi connectivity index (χ0n) is 24.7. The molecule has 0 aliphatic carbocycles. The summed E-state index contributed by atoms with van der Waals surface area (Å²) in [5, 5.41) is 5.21. The van der Waals surface area contributed by atoms with Gasteiger partial charge in [-0.25, -0.2) is 0 Å². The van der Waals surface area contributed by atoms with Crippen molar-refractivity contribution in [3.8, 4) is 0 Å². The lowest BCUT2D eigenvalue weighted by Gasteiger charge is -2.28. The van der Waals surface area contributed by atoms with Crippen molar-refractivity contribution in [1.82, 2.24) is 0 Å². The fourth-order valence-corrected chi connectivity index (χ4v) is 7.43. The van der Waals surface area contributed by atoms with E-state index >= 15 is 0 Å². The van der Waals surface area contributed by atoms with Crippen LogP contribution >= 0.6 is 0 Å². The van der Waals surface area contributed by atoms with E-state index < -0.39 is 0 Å². The van der Waals surface area contributed by atoms with Crippen LogP contribution in [0.25, 0.3) is 21.5 Å². The number of likely N-dealkylation sites (N-methyl/N-ethyl adjacent to an activating group) is 1. The molecular formula is C39H39N2+. The fraction of sp³-hybridized carbons (Fsp3) is 0.205. The van der Waals surface area contributed by atoms with Crippen LogP contribution in [-0.4, -0.2) is 24.4 Å². The van der Waals surface area contributed by atoms with E-state index in [1.165, 1.54) is 55.5 Å². The van der Waals surface area contributed by atoms with Gasteiger partial charge in [0.05, 0.1) is 5.41 Å². The van der Waals surface area contributed by atoms with Crippen molar-refractivity contribution in [2.75, 3.05) is 19.0 Å². The Balaban J connectivity index is 1.35. The molecule has 6 rings (SSSR count). The summed E-state index contributed by atoms with van der Waals surface area (Å²) in [5.74, 6) is 0. The van der Waals surface area contributed by atoms with Gasteiger partial charge in [0.15, 0.2) is 5.71 Å². The van der Waals surface area contributed by atoms with Crippen molar-refractivity contribution in [2.45, 2.75) is 37.5 Å². The molecule has 0 fully saturated rings. The Morgan fingerprint density at radius 3 is 2.02 bits per heavy atom. The van der Waals surface area contributed by atoms with E-state index in [0.29, 0.717) is 0 Å². The second-order valence-electron chi connectivity index (χ2n) is 11.8. The molecule has 4 aromatic carbocycles. The van der Waals surface area contributed by atoms with Crippen LogP contribution in [0.3, 0.4) is 0 Å². The number of allylic oxidation sites excluding steroid dienone is 8. The summed E-state index contributed by atoms with van der Waals surface area (Å²) in [6.07, 6.45) is 16.9. The lowest BCUT2D eigenvalue weighted by Crippen LogP contribution is -2.30. The van der Waals surface area contributed by atoms with Crippen molar-refractivity contribution in [3.63, 3.8) is 0 Å². The van der Waals surface area contributed by atoms with Crippen LogP contribution in [0.1, 0.15) is 37.8 Å². The highest BCUT2D eigenvalue weighted by Crippen LogP contribution is 2.52. The molecule has 2 unspecified atom stereocenters. The van der Waals surface area contributed by atoms with Gasteiger partial charge in [0.1, 0.15) is 7.05 Å². The maximum absolute atomic E-state index is 4.12. The van der Waals surface area contributed by atoms with E-state index in [0.717, 1.165) is 12.8 Å². The van der Waals surface area contributed by atoms with Crippen LogP contribution in [0.4, 0.5) is 11.4 Å². The van der Waals surface area contributed by atoms with Crippen LogP contribution in [0, 0.1) is 0 Å². The summed E-state index contributed by atoms with van der Waals surface area (Å²) >= 11 is 0. The third kappa shape index (κ3) is 4.04. The first-order chi connectivity index (χ1) is 19.8. The standard InChI is InChI=1S/C39H39N2/c1-7-26-38(3)34(40(5)32-24-22-28-16-12-14-18-30(28)36(32)38)20-10-9-11-21-35-39(4,27-8-2)37-31-19-15-13-17-29(31)23-25-33(37)41(35)6/h7-25H,1-2,26-27H2,3-6H3/q+1. The Morgan fingerprint density at radius 1 is 0.732 bits per heavy atom. The van der Waals surface area contributed by atoms with E-state index in [2.05, 4.69) is 166 Å². The van der Waals surface area contributed by atoms with E-state index in [1.807, 2.05) is 0 Å². The monoisotopic (exact) mass is 535 g/mol. The first kappa shape index (κ1) is 26.8. The molecular weight excluding hydrogens is 496 g/mol. The van der Waals surface area contributed by atoms with E-state index in [-0.39, 0.29) is 10.8 Å². The number of benzene rings is 4. The molecule has 2 aliphatic heterocycles. The molecule has 2 atom stereocenters. The van der Waals surface area contributed by atoms with Gasteiger partial charge in [0.2, 0.25) is 5.69 Å². The molecule has 41 heavy (non-hydrogen) atoms. The van der Waals surface area contributed by atoms with Gasteiger partial charge in [0.25, 0.3) is 0 Å². The highest BCUT2D eigenvalue weighted by molar-refractivity contribution is 6.08. The summed E-state index contributed by atoms with van der Waals surface area (Å²) in [6.45, 7) is 12.9. The van der Waals surface area contributed by atoms with Gasteiger partial charge in [-0.2, -0.15) is 4.58 Å². The second kappa shape index (κ2) is 10.2. The first-order valence-electron chi connectivity index (χ1n) is 14.5. The molecule has 4 aromatic rings. The lowest BCUT2D eigenvalue weighted by atomic mass is 9.74. The van der Waals surface area contributed by atoms with Gasteiger partial charge in [-0.1, -0.05) is 85.0 Å². The number of hydrogen-bond acceptors (Lipinski definition) is 1. The van der Waals surface area contributed by atoms with Crippen molar-refractivity contribution in [2.24, 2.45) is 0 Å². The van der Waals surface area contributed by atoms with Crippen molar-refractivity contribution in [1.29, 1.82) is 0 Å². The summed E-state index contributed by atoms with van der Waals surface area (Å²) in [6, 6.07) is 26.4. The third-order valence-electron chi connectivity index (χ3n) is 9.33. The minimum absolute atomic E-state index is 0.146. The first-order valence-corrected chi connectivity index (χ1v) is 14.5. The van der Waals surface area contributed by atoms with Crippen LogP contribution < -0.4 is 4.90 Å². The van der Waals surface area contributed by atoms with E-state index in [4.69, 9.17) is 0 Å². The van der Waals surface area contributed by atoms with Crippen LogP contribution in [-0.2, 0) is 10.8 Å². The van der Waals surface area contributed by atoms with Gasteiger partial charge in [-0.05, 0) is 72.0 Å². The molecule has 204 valence electrons. The lowest BCUT2D eigenvalue weighted by molar-refractivity contribution is -0.401. The van der Waals surface area contributed by atoms with Crippen molar-refractivity contribution in [3.05, 3.63) is 145 Å². The summed E-state index contributed by atoms with van der Waals surface area (Å²) in [5.41, 5.74) is 7.61. The highest BCUT2D eigenvalue weighted by atomic mass is 15.2. The Labute approximate surface area is 244 Å². The molecule has 0 amide bonds. The molecule has 2 heteroatoms. The van der Waals surface area contributed by atoms with Gasteiger partial charge in [-0.15, -0.1) is 13.2 Å². The molecule has 0 saturated carbocycles. The van der Waals surface area contributed by atoms with E-state index in [9.17, 15) is 0 Å². The van der Waals surface area contributed by atoms with Crippen LogP contribution in [0.5, 0.6) is 0 Å². The van der Waals surface area contributed by atoms with E-state index in [1.54, 1.807) is 0 Å². The number of hydrogen-bond donors (Lipinski definition) is 0. The van der Waals surface area contributed by atoms with Crippen LogP contribution in [0.2, 0.25) is 0 Å². The molecule has 0 N–H and O–H groups in total. The third-order valence-corrected chi connectivity index (χ3v) is 9.33. The zero-order valence-corrected chi connectivity index (χ0v) is 24.7. The Morgan fingerprint density at radius 2 is 1.34 bits per heavy atom. The minimum Gasteiger partial charge on any atom is -0.347 e. The Hall–Kier alpha value is -4.43. The predicted octanol–water partition coefficient (Wildman–Crippen LogP) is 9.54. The van der Waals surface area contributed by atoms with Gasteiger partial charge >= 0.3 is 0 Å². The normalized spacial score (nSPS) is 22.9. The SMILES string of the molecule is C=CCC1(C)C(/C=C/C=C/C=C2/N(C)c3ccc4ccccc4c3C2(C)CC=C)=[N+](C)c2ccc3ccccc3c21. The average Bonchev–Trinajstić information content (AvgIpc) is 3.32. The zero-order chi connectivity index (χ0) is 28.8. The fourth-order valence-electron chi connectivity index (χ4n) is 7.43. The van der Waals surface area contributed by atoms with Crippen molar-refractivity contribution < 1.29 is 4.58 Å². The quantitative estimate of drug-likeness (QED) is 0.130. The van der Waals surface area contributed by atoms with Gasteiger partial charge in [0, 0.05) is 41.6 Å². The maximum Gasteiger partial charge on any atom is 0.210 e. The molecule has 0 saturated heterocycles. The summed E-state index contributed by atoms with van der Waals surface area (Å²) in [4.78, 5) is 2.35. The number of rotatable bonds is 7.